The molecule has 34 heavy (non-hydrogen) atoms. The van der Waals surface area contributed by atoms with E-state index in [4.69, 9.17) is 9.47 Å². The molecule has 8 heteroatoms. The van der Waals surface area contributed by atoms with Crippen LogP contribution >= 0.6 is 0 Å². The zero-order valence-electron chi connectivity index (χ0n) is 20.6. The number of rotatable bonds is 7. The number of likely N-dealkylation sites (tertiary alicyclic amines) is 1. The maximum absolute atomic E-state index is 11.2. The molecule has 0 spiro atoms. The summed E-state index contributed by atoms with van der Waals surface area (Å²) >= 11 is 0. The highest BCUT2D eigenvalue weighted by Gasteiger charge is 2.42. The van der Waals surface area contributed by atoms with Gasteiger partial charge in [-0.15, -0.1) is 0 Å². The lowest BCUT2D eigenvalue weighted by Crippen LogP contribution is -2.50. The maximum Gasteiger partial charge on any atom is 0.315 e. The molecule has 0 aromatic heterocycles. The summed E-state index contributed by atoms with van der Waals surface area (Å²) in [6.07, 6.45) is 10.3. The second-order valence-corrected chi connectivity index (χ2v) is 11.1. The number of ether oxygens (including phenoxy) is 2. The van der Waals surface area contributed by atoms with Crippen LogP contribution in [-0.2, 0) is 9.47 Å². The predicted molar refractivity (Wildman–Crippen MR) is 129 cm³/mol. The topological polar surface area (TPSA) is 88.3 Å². The van der Waals surface area contributed by atoms with E-state index in [0.29, 0.717) is 36.3 Å². The molecule has 0 bridgehead atoms. The van der Waals surface area contributed by atoms with Crippen LogP contribution in [0.5, 0.6) is 0 Å². The van der Waals surface area contributed by atoms with Crippen LogP contribution in [0.1, 0.15) is 70.6 Å². The molecule has 3 fully saturated rings. The highest BCUT2D eigenvalue weighted by atomic mass is 16.7. The molecule has 8 nitrogen and oxygen atoms in total. The van der Waals surface area contributed by atoms with Crippen molar-refractivity contribution in [1.29, 1.82) is 0 Å². The third-order valence-corrected chi connectivity index (χ3v) is 9.02. The summed E-state index contributed by atoms with van der Waals surface area (Å²) in [5, 5.41) is 21.9. The fourth-order valence-electron chi connectivity index (χ4n) is 7.25. The van der Waals surface area contributed by atoms with Gasteiger partial charge in [0.15, 0.2) is 0 Å². The Morgan fingerprint density at radius 1 is 1.06 bits per heavy atom. The zero-order chi connectivity index (χ0) is 23.7. The molecule has 0 aromatic rings. The molecule has 3 unspecified atom stereocenters. The summed E-state index contributed by atoms with van der Waals surface area (Å²) in [4.78, 5) is 16.1. The van der Waals surface area contributed by atoms with Gasteiger partial charge in [-0.05, 0) is 81.9 Å². The first-order valence-corrected chi connectivity index (χ1v) is 13.4. The quantitative estimate of drug-likeness (QED) is 0.334. The van der Waals surface area contributed by atoms with Gasteiger partial charge in [0.2, 0.25) is 0 Å². The van der Waals surface area contributed by atoms with Crippen molar-refractivity contribution in [2.45, 2.75) is 89.0 Å². The number of methoxy groups -OCH3 is 1. The molecule has 0 aromatic carbocycles. The summed E-state index contributed by atoms with van der Waals surface area (Å²) in [6, 6.07) is 0.301. The second kappa shape index (κ2) is 10.5. The van der Waals surface area contributed by atoms with Crippen molar-refractivity contribution in [3.63, 3.8) is 0 Å². The minimum atomic E-state index is -0.852. The molecular weight excluding hydrogens is 434 g/mol. The first-order valence-electron chi connectivity index (χ1n) is 13.4. The van der Waals surface area contributed by atoms with Crippen LogP contribution in [0.3, 0.4) is 0 Å². The Morgan fingerprint density at radius 3 is 2.50 bits per heavy atom. The number of aliphatic hydroxyl groups is 1. The first-order chi connectivity index (χ1) is 16.5. The Balaban J connectivity index is 1.29. The summed E-state index contributed by atoms with van der Waals surface area (Å²) < 4.78 is 11.3. The third kappa shape index (κ3) is 5.14. The van der Waals surface area contributed by atoms with Gasteiger partial charge in [0.05, 0.1) is 18.1 Å². The van der Waals surface area contributed by atoms with E-state index < -0.39 is 6.23 Å². The molecular formula is C26H41N3O5. The van der Waals surface area contributed by atoms with Gasteiger partial charge in [0.1, 0.15) is 11.5 Å². The van der Waals surface area contributed by atoms with Crippen LogP contribution < -0.4 is 0 Å². The summed E-state index contributed by atoms with van der Waals surface area (Å²) in [5.74, 6) is 2.47. The van der Waals surface area contributed by atoms with E-state index in [1.165, 1.54) is 69.3 Å². The highest BCUT2D eigenvalue weighted by Crippen LogP contribution is 2.44. The molecule has 5 aliphatic rings. The highest BCUT2D eigenvalue weighted by molar-refractivity contribution is 5.35. The van der Waals surface area contributed by atoms with Gasteiger partial charge in [0.25, 0.3) is 0 Å². The van der Waals surface area contributed by atoms with Gasteiger partial charge in [-0.2, -0.15) is 0 Å². The van der Waals surface area contributed by atoms with Gasteiger partial charge >= 0.3 is 6.23 Å². The molecule has 3 aliphatic heterocycles. The lowest BCUT2D eigenvalue weighted by molar-refractivity contribution is -0.571. The van der Waals surface area contributed by atoms with E-state index in [9.17, 15) is 15.2 Å². The maximum atomic E-state index is 11.2. The van der Waals surface area contributed by atoms with Crippen molar-refractivity contribution >= 4 is 0 Å². The van der Waals surface area contributed by atoms with Crippen LogP contribution in [0.4, 0.5) is 0 Å². The van der Waals surface area contributed by atoms with Gasteiger partial charge in [-0.25, -0.2) is 0 Å². The molecule has 1 saturated carbocycles. The van der Waals surface area contributed by atoms with Crippen molar-refractivity contribution in [2.75, 3.05) is 39.8 Å². The molecule has 3 atom stereocenters. The molecule has 0 amide bonds. The van der Waals surface area contributed by atoms with Gasteiger partial charge in [0, 0.05) is 44.9 Å². The normalized spacial score (nSPS) is 35.6. The molecule has 0 radical (unpaired) electrons. The monoisotopic (exact) mass is 475 g/mol. The van der Waals surface area contributed by atoms with E-state index in [0.717, 1.165) is 38.3 Å². The largest absolute Gasteiger partial charge is 0.508 e. The minimum Gasteiger partial charge on any atom is -0.508 e. The van der Waals surface area contributed by atoms with Crippen molar-refractivity contribution in [1.82, 2.24) is 9.80 Å². The number of nitrogens with zero attached hydrogens (tertiary/aromatic N) is 3. The Labute approximate surface area is 203 Å². The number of nitro groups is 1. The van der Waals surface area contributed by atoms with Crippen molar-refractivity contribution < 1.29 is 19.5 Å². The zero-order valence-corrected chi connectivity index (χ0v) is 20.6. The van der Waals surface area contributed by atoms with Gasteiger partial charge in [-0.3, -0.25) is 15.0 Å². The van der Waals surface area contributed by atoms with Gasteiger partial charge in [-0.1, -0.05) is 5.57 Å². The van der Waals surface area contributed by atoms with Crippen LogP contribution in [-0.4, -0.2) is 78.0 Å². The average molecular weight is 476 g/mol. The average Bonchev–Trinajstić information content (AvgIpc) is 3.52. The van der Waals surface area contributed by atoms with Crippen molar-refractivity contribution in [2.24, 2.45) is 11.8 Å². The number of allylic oxidation sites excluding steroid dienone is 2. The SMILES string of the molecule is COC1=C(O)CC2=C(CCN(CC3CCC([N+](=O)[O-])O3)C2C2CCC(CN3CCCC3)CC2)C1. The predicted octanol–water partition coefficient (Wildman–Crippen LogP) is 4.25. The lowest BCUT2D eigenvalue weighted by atomic mass is 9.71. The molecule has 2 saturated heterocycles. The van der Waals surface area contributed by atoms with E-state index >= 15 is 0 Å². The molecule has 3 heterocycles. The minimum absolute atomic E-state index is 0.0752. The molecule has 5 rings (SSSR count). The van der Waals surface area contributed by atoms with Crippen LogP contribution in [0.15, 0.2) is 22.7 Å². The van der Waals surface area contributed by atoms with E-state index in [2.05, 4.69) is 9.80 Å². The van der Waals surface area contributed by atoms with Gasteiger partial charge < -0.3 is 19.5 Å². The Hall–Kier alpha value is -1.64. The fourth-order valence-corrected chi connectivity index (χ4v) is 7.25. The Morgan fingerprint density at radius 2 is 1.82 bits per heavy atom. The van der Waals surface area contributed by atoms with E-state index in [1.807, 2.05) is 0 Å². The molecule has 190 valence electrons. The van der Waals surface area contributed by atoms with Crippen LogP contribution in [0.2, 0.25) is 0 Å². The first kappa shape index (κ1) is 24.1. The van der Waals surface area contributed by atoms with Crippen LogP contribution in [0, 0.1) is 22.0 Å². The van der Waals surface area contributed by atoms with Crippen molar-refractivity contribution in [3.8, 4) is 0 Å². The van der Waals surface area contributed by atoms with Crippen molar-refractivity contribution in [3.05, 3.63) is 32.8 Å². The molecule has 1 N–H and O–H groups in total. The van der Waals surface area contributed by atoms with E-state index in [-0.39, 0.29) is 11.0 Å². The summed E-state index contributed by atoms with van der Waals surface area (Å²) in [7, 11) is 1.65. The second-order valence-electron chi connectivity index (χ2n) is 11.1. The van der Waals surface area contributed by atoms with E-state index in [1.54, 1.807) is 7.11 Å². The Bertz CT molecular complexity index is 813. The standard InChI is InChI=1S/C26H41N3O5/c1-33-24-14-20-10-13-28(17-21-8-9-25(34-21)29(31)32)26(22(20)15-23(24)30)19-6-4-18(5-7-19)16-27-11-2-3-12-27/h18-19,21,25-26,30H,2-17H2,1H3. The summed E-state index contributed by atoms with van der Waals surface area (Å²) in [5.41, 5.74) is 2.82. The lowest BCUT2D eigenvalue weighted by Gasteiger charge is -2.47. The fraction of sp³-hybridized carbons (Fsp3) is 0.846. The summed E-state index contributed by atoms with van der Waals surface area (Å²) in [6.45, 7) is 5.51. The van der Waals surface area contributed by atoms with Crippen LogP contribution in [0.25, 0.3) is 0 Å². The number of aliphatic hydroxyl groups excluding tert-OH is 1. The Kier molecular flexibility index (Phi) is 7.46. The number of hydrogen-bond acceptors (Lipinski definition) is 7. The molecule has 2 aliphatic carbocycles. The third-order valence-electron chi connectivity index (χ3n) is 9.02. The number of hydrogen-bond donors (Lipinski definition) is 1. The smallest absolute Gasteiger partial charge is 0.315 e.